The van der Waals surface area contributed by atoms with E-state index in [9.17, 15) is 34.2 Å². The van der Waals surface area contributed by atoms with Gasteiger partial charge < -0.3 is 10.2 Å². The molecule has 0 aliphatic heterocycles. The molecule has 3 aliphatic rings. The highest BCUT2D eigenvalue weighted by Gasteiger charge is 2.76. The second-order valence-electron chi connectivity index (χ2n) is 14.9. The summed E-state index contributed by atoms with van der Waals surface area (Å²) in [7, 11) is 0. The van der Waals surface area contributed by atoms with E-state index >= 15 is 0 Å². The maximum absolute atomic E-state index is 14.5. The fourth-order valence-electron chi connectivity index (χ4n) is 8.98. The standard InChI is InChI=1S/C39H44O7/c1-20(2)9-10-22(5)17-24-11-13-25(14-12-24)26-15-16-28(41)30-27(26)18-37(7)19-38(8)31(21(3)4)33(42)29(23(6)40)35(44)39(38,46)36(45)32(37)34(30)43/h11-16,21,29,31-32,41,46H,1,5,9-10,17-19H2,2-4,6-8H3/t29?,31?,32?,37-,38-,39+/m1/s1. The Morgan fingerprint density at radius 2 is 1.59 bits per heavy atom. The van der Waals surface area contributed by atoms with Gasteiger partial charge in [-0.2, -0.15) is 0 Å². The molecule has 2 saturated carbocycles. The molecule has 0 heterocycles. The molecule has 0 amide bonds. The summed E-state index contributed by atoms with van der Waals surface area (Å²) >= 11 is 0. The number of allylic oxidation sites excluding steroid dienone is 2. The van der Waals surface area contributed by atoms with Crippen LogP contribution < -0.4 is 0 Å². The molecule has 2 aromatic carbocycles. The predicted octanol–water partition coefficient (Wildman–Crippen LogP) is 6.21. The number of ketones is 5. The molecule has 3 aliphatic carbocycles. The number of benzene rings is 2. The quantitative estimate of drug-likeness (QED) is 0.264. The maximum Gasteiger partial charge on any atom is 0.190 e. The number of aliphatic hydroxyl groups is 1. The van der Waals surface area contributed by atoms with E-state index in [1.165, 1.54) is 6.07 Å². The Balaban J connectivity index is 1.59. The molecule has 0 aromatic heterocycles. The molecule has 7 heteroatoms. The lowest BCUT2D eigenvalue weighted by atomic mass is 9.40. The Kier molecular flexibility index (Phi) is 8.26. The van der Waals surface area contributed by atoms with Crippen molar-refractivity contribution in [3.63, 3.8) is 0 Å². The fraction of sp³-hybridized carbons (Fsp3) is 0.462. The molecule has 2 N–H and O–H groups in total. The summed E-state index contributed by atoms with van der Waals surface area (Å²) in [6.07, 6.45) is 2.69. The molecule has 0 saturated heterocycles. The second kappa shape index (κ2) is 11.4. The Hall–Kier alpha value is -3.97. The van der Waals surface area contributed by atoms with E-state index in [0.29, 0.717) is 5.56 Å². The molecule has 6 atom stereocenters. The van der Waals surface area contributed by atoms with Gasteiger partial charge in [0.15, 0.2) is 28.7 Å². The summed E-state index contributed by atoms with van der Waals surface area (Å²) < 4.78 is 0. The monoisotopic (exact) mass is 624 g/mol. The Morgan fingerprint density at radius 3 is 2.15 bits per heavy atom. The van der Waals surface area contributed by atoms with E-state index < -0.39 is 69.0 Å². The van der Waals surface area contributed by atoms with Gasteiger partial charge in [-0.25, -0.2) is 0 Å². The molecule has 3 unspecified atom stereocenters. The van der Waals surface area contributed by atoms with Crippen LogP contribution in [-0.2, 0) is 32.0 Å². The lowest BCUT2D eigenvalue weighted by Crippen LogP contribution is -2.76. The Bertz CT molecular complexity index is 1710. The predicted molar refractivity (Wildman–Crippen MR) is 175 cm³/mol. The first-order chi connectivity index (χ1) is 21.4. The number of aromatic hydroxyl groups is 1. The molecular formula is C39H44O7. The third-order valence-electron chi connectivity index (χ3n) is 10.9. The number of phenols is 1. The normalized spacial score (nSPS) is 30.5. The molecule has 0 spiro atoms. The molecular weight excluding hydrogens is 580 g/mol. The van der Waals surface area contributed by atoms with E-state index in [1.807, 2.05) is 31.2 Å². The number of fused-ring (bicyclic) bond motifs is 3. The van der Waals surface area contributed by atoms with Gasteiger partial charge in [-0.1, -0.05) is 75.8 Å². The van der Waals surface area contributed by atoms with E-state index in [0.717, 1.165) is 54.0 Å². The third kappa shape index (κ3) is 4.86. The van der Waals surface area contributed by atoms with E-state index in [4.69, 9.17) is 0 Å². The van der Waals surface area contributed by atoms with Crippen molar-refractivity contribution in [1.82, 2.24) is 0 Å². The van der Waals surface area contributed by atoms with Crippen LogP contribution >= 0.6 is 0 Å². The number of phenolic OH excluding ortho intramolecular Hbond substituents is 1. The Labute approximate surface area is 270 Å². The first-order valence-corrected chi connectivity index (χ1v) is 16.0. The van der Waals surface area contributed by atoms with Gasteiger partial charge >= 0.3 is 0 Å². The summed E-state index contributed by atoms with van der Waals surface area (Å²) in [4.78, 5) is 68.9. The topological polar surface area (TPSA) is 126 Å². The van der Waals surface area contributed by atoms with Crippen molar-refractivity contribution < 1.29 is 34.2 Å². The van der Waals surface area contributed by atoms with Crippen molar-refractivity contribution in [2.75, 3.05) is 0 Å². The lowest BCUT2D eigenvalue weighted by molar-refractivity contribution is -0.205. The largest absolute Gasteiger partial charge is 0.507 e. The summed E-state index contributed by atoms with van der Waals surface area (Å²) in [6, 6.07) is 11.1. The zero-order valence-corrected chi connectivity index (χ0v) is 27.7. The molecule has 0 radical (unpaired) electrons. The van der Waals surface area contributed by atoms with Gasteiger partial charge in [-0.05, 0) is 85.6 Å². The van der Waals surface area contributed by atoms with Crippen LogP contribution in [0, 0.1) is 34.5 Å². The SMILES string of the molecule is C=C(C)CCC(=C)Cc1ccc(-c2ccc(O)c3c2C[C@]2(C)C[C@]4(C)C(C(C)C)C(=O)C(C(C)=O)C(=O)[C@]4(O)C(=O)C2C3=O)cc1. The van der Waals surface area contributed by atoms with Gasteiger partial charge in [-0.15, -0.1) is 6.58 Å². The first-order valence-electron chi connectivity index (χ1n) is 16.0. The number of carbonyl (C=O) groups excluding carboxylic acids is 5. The Morgan fingerprint density at radius 1 is 0.957 bits per heavy atom. The summed E-state index contributed by atoms with van der Waals surface area (Å²) in [5.74, 6) is -8.97. The summed E-state index contributed by atoms with van der Waals surface area (Å²) in [6.45, 7) is 18.2. The van der Waals surface area contributed by atoms with Crippen molar-refractivity contribution in [3.8, 4) is 16.9 Å². The minimum absolute atomic E-state index is 0.000592. The summed E-state index contributed by atoms with van der Waals surface area (Å²) in [5.41, 5.74) is 0.119. The van der Waals surface area contributed by atoms with Crippen LogP contribution in [0.25, 0.3) is 11.1 Å². The molecule has 0 bridgehead atoms. The molecule has 242 valence electrons. The van der Waals surface area contributed by atoms with Crippen LogP contribution in [0.5, 0.6) is 5.75 Å². The molecule has 7 nitrogen and oxygen atoms in total. The molecule has 2 fully saturated rings. The van der Waals surface area contributed by atoms with Crippen LogP contribution in [0.4, 0.5) is 0 Å². The molecule has 5 rings (SSSR count). The van der Waals surface area contributed by atoms with Crippen LogP contribution in [0.3, 0.4) is 0 Å². The minimum atomic E-state index is -2.71. The first kappa shape index (κ1) is 33.4. The number of Topliss-reactive ketones (excluding diaryl/α,β-unsaturated/α-hetero) is 5. The van der Waals surface area contributed by atoms with Gasteiger partial charge in [0.2, 0.25) is 0 Å². The molecule has 2 aromatic rings. The van der Waals surface area contributed by atoms with Crippen molar-refractivity contribution in [2.24, 2.45) is 34.5 Å². The van der Waals surface area contributed by atoms with Crippen molar-refractivity contribution >= 4 is 28.9 Å². The zero-order chi connectivity index (χ0) is 34.1. The lowest BCUT2D eigenvalue weighted by Gasteiger charge is -2.61. The fourth-order valence-corrected chi connectivity index (χ4v) is 8.98. The zero-order valence-electron chi connectivity index (χ0n) is 27.7. The van der Waals surface area contributed by atoms with Crippen molar-refractivity contribution in [1.29, 1.82) is 0 Å². The van der Waals surface area contributed by atoms with Gasteiger partial charge in [0.05, 0.1) is 11.5 Å². The van der Waals surface area contributed by atoms with Gasteiger partial charge in [0.25, 0.3) is 0 Å². The van der Waals surface area contributed by atoms with Crippen LogP contribution in [0.15, 0.2) is 60.7 Å². The third-order valence-corrected chi connectivity index (χ3v) is 10.9. The van der Waals surface area contributed by atoms with Gasteiger partial charge in [0.1, 0.15) is 17.5 Å². The average molecular weight is 625 g/mol. The van der Waals surface area contributed by atoms with Gasteiger partial charge in [0, 0.05) is 11.3 Å². The highest BCUT2D eigenvalue weighted by atomic mass is 16.3. The summed E-state index contributed by atoms with van der Waals surface area (Å²) in [5, 5.41) is 23.2. The van der Waals surface area contributed by atoms with Crippen LogP contribution in [0.1, 0.15) is 82.3 Å². The van der Waals surface area contributed by atoms with Crippen LogP contribution in [0.2, 0.25) is 0 Å². The highest BCUT2D eigenvalue weighted by Crippen LogP contribution is 2.64. The van der Waals surface area contributed by atoms with Gasteiger partial charge in [-0.3, -0.25) is 24.0 Å². The smallest absolute Gasteiger partial charge is 0.190 e. The van der Waals surface area contributed by atoms with E-state index in [-0.39, 0.29) is 24.2 Å². The highest BCUT2D eigenvalue weighted by molar-refractivity contribution is 6.32. The second-order valence-corrected chi connectivity index (χ2v) is 14.9. The minimum Gasteiger partial charge on any atom is -0.507 e. The van der Waals surface area contributed by atoms with Crippen molar-refractivity contribution in [2.45, 2.75) is 79.2 Å². The van der Waals surface area contributed by atoms with E-state index in [1.54, 1.807) is 33.8 Å². The number of rotatable bonds is 8. The van der Waals surface area contributed by atoms with Crippen LogP contribution in [-0.4, -0.2) is 44.7 Å². The van der Waals surface area contributed by atoms with Crippen molar-refractivity contribution in [3.05, 3.63) is 77.4 Å². The van der Waals surface area contributed by atoms with E-state index in [2.05, 4.69) is 13.2 Å². The maximum atomic E-state index is 14.5. The molecule has 46 heavy (non-hydrogen) atoms. The average Bonchev–Trinajstić information content (AvgIpc) is 2.94. The number of hydrogen-bond acceptors (Lipinski definition) is 7. The number of hydrogen-bond donors (Lipinski definition) is 2. The number of carbonyl (C=O) groups is 5.